The maximum absolute atomic E-state index is 12.7. The number of methoxy groups -OCH3 is 1. The molecular formula is C18H19N3O4. The van der Waals surface area contributed by atoms with Gasteiger partial charge in [-0.05, 0) is 24.3 Å². The second-order valence-electron chi connectivity index (χ2n) is 5.67. The fourth-order valence-corrected chi connectivity index (χ4v) is 2.85. The Hall–Kier alpha value is -3.09. The van der Waals surface area contributed by atoms with Crippen LogP contribution in [0.2, 0.25) is 0 Å². The van der Waals surface area contributed by atoms with Crippen LogP contribution in [-0.4, -0.2) is 60.2 Å². The van der Waals surface area contributed by atoms with E-state index in [0.29, 0.717) is 43.3 Å². The van der Waals surface area contributed by atoms with Gasteiger partial charge in [-0.15, -0.1) is 0 Å². The molecule has 1 N–H and O–H groups in total. The van der Waals surface area contributed by atoms with Gasteiger partial charge in [0.1, 0.15) is 11.6 Å². The lowest BCUT2D eigenvalue weighted by atomic mass is 10.1. The van der Waals surface area contributed by atoms with E-state index in [1.807, 2.05) is 17.0 Å². The highest BCUT2D eigenvalue weighted by Crippen LogP contribution is 2.21. The standard InChI is InChI=1S/C18H19N3O4/c1-25-15-7-3-2-5-13(15)17(22)21-11-9-20(10-12-21)16-8-4-6-14(19-16)18(23)24/h2-8H,9-12H2,1H3,(H,23,24). The lowest BCUT2D eigenvalue weighted by molar-refractivity contribution is 0.0690. The van der Waals surface area contributed by atoms with E-state index in [-0.39, 0.29) is 11.6 Å². The molecule has 0 aliphatic carbocycles. The number of carboxylic acids is 1. The van der Waals surface area contributed by atoms with Gasteiger partial charge in [0.25, 0.3) is 5.91 Å². The van der Waals surface area contributed by atoms with Crippen molar-refractivity contribution in [2.24, 2.45) is 0 Å². The van der Waals surface area contributed by atoms with Crippen LogP contribution in [0.15, 0.2) is 42.5 Å². The summed E-state index contributed by atoms with van der Waals surface area (Å²) in [5.41, 5.74) is 0.564. The third kappa shape index (κ3) is 3.55. The monoisotopic (exact) mass is 341 g/mol. The van der Waals surface area contributed by atoms with Crippen LogP contribution >= 0.6 is 0 Å². The molecule has 7 heteroatoms. The molecule has 0 spiro atoms. The van der Waals surface area contributed by atoms with Crippen molar-refractivity contribution in [1.82, 2.24) is 9.88 Å². The van der Waals surface area contributed by atoms with Crippen LogP contribution in [0.3, 0.4) is 0 Å². The third-order valence-corrected chi connectivity index (χ3v) is 4.18. The van der Waals surface area contributed by atoms with E-state index in [9.17, 15) is 9.59 Å². The summed E-state index contributed by atoms with van der Waals surface area (Å²) in [6.07, 6.45) is 0. The number of piperazine rings is 1. The molecular weight excluding hydrogens is 322 g/mol. The molecule has 7 nitrogen and oxygen atoms in total. The Labute approximate surface area is 145 Å². The summed E-state index contributed by atoms with van der Waals surface area (Å²) in [4.78, 5) is 31.7. The van der Waals surface area contributed by atoms with Crippen molar-refractivity contribution in [3.05, 3.63) is 53.7 Å². The Morgan fingerprint density at radius 3 is 2.44 bits per heavy atom. The van der Waals surface area contributed by atoms with Crippen molar-refractivity contribution in [3.63, 3.8) is 0 Å². The number of pyridine rings is 1. The minimum absolute atomic E-state index is 0.0185. The Balaban J connectivity index is 1.68. The molecule has 1 aromatic heterocycles. The van der Waals surface area contributed by atoms with Crippen molar-refractivity contribution in [2.45, 2.75) is 0 Å². The lowest BCUT2D eigenvalue weighted by Crippen LogP contribution is -2.49. The molecule has 25 heavy (non-hydrogen) atoms. The predicted molar refractivity (Wildman–Crippen MR) is 92.3 cm³/mol. The van der Waals surface area contributed by atoms with Crippen LogP contribution in [-0.2, 0) is 0 Å². The van der Waals surface area contributed by atoms with Crippen molar-refractivity contribution in [2.75, 3.05) is 38.2 Å². The zero-order valence-electron chi connectivity index (χ0n) is 13.9. The second-order valence-corrected chi connectivity index (χ2v) is 5.67. The molecule has 1 saturated heterocycles. The van der Waals surface area contributed by atoms with Gasteiger partial charge in [0.15, 0.2) is 5.69 Å². The largest absolute Gasteiger partial charge is 0.496 e. The third-order valence-electron chi connectivity index (χ3n) is 4.18. The molecule has 2 heterocycles. The molecule has 1 aliphatic rings. The molecule has 1 amide bonds. The van der Waals surface area contributed by atoms with Crippen molar-refractivity contribution in [1.29, 1.82) is 0 Å². The highest BCUT2D eigenvalue weighted by Gasteiger charge is 2.25. The van der Waals surface area contributed by atoms with Gasteiger partial charge in [-0.2, -0.15) is 0 Å². The van der Waals surface area contributed by atoms with E-state index in [0.717, 1.165) is 0 Å². The van der Waals surface area contributed by atoms with E-state index in [2.05, 4.69) is 4.98 Å². The maximum atomic E-state index is 12.7. The van der Waals surface area contributed by atoms with E-state index < -0.39 is 5.97 Å². The number of hydrogen-bond acceptors (Lipinski definition) is 5. The van der Waals surface area contributed by atoms with Crippen molar-refractivity contribution in [3.8, 4) is 5.75 Å². The zero-order valence-corrected chi connectivity index (χ0v) is 13.9. The summed E-state index contributed by atoms with van der Waals surface area (Å²) in [6.45, 7) is 2.26. The molecule has 1 aromatic carbocycles. The van der Waals surface area contributed by atoms with E-state index in [1.54, 1.807) is 36.3 Å². The van der Waals surface area contributed by atoms with Gasteiger partial charge >= 0.3 is 5.97 Å². The molecule has 1 aliphatic heterocycles. The number of rotatable bonds is 4. The number of aromatic nitrogens is 1. The number of anilines is 1. The number of amides is 1. The summed E-state index contributed by atoms with van der Waals surface area (Å²) in [5.74, 6) is 0.0613. The molecule has 0 unspecified atom stereocenters. The summed E-state index contributed by atoms with van der Waals surface area (Å²) >= 11 is 0. The predicted octanol–water partition coefficient (Wildman–Crippen LogP) is 1.75. The Morgan fingerprint density at radius 1 is 1.04 bits per heavy atom. The summed E-state index contributed by atoms with van der Waals surface area (Å²) in [6, 6.07) is 12.1. The number of ether oxygens (including phenoxy) is 1. The zero-order chi connectivity index (χ0) is 17.8. The van der Waals surface area contributed by atoms with Crippen LogP contribution in [0.1, 0.15) is 20.8 Å². The summed E-state index contributed by atoms with van der Waals surface area (Å²) < 4.78 is 5.26. The van der Waals surface area contributed by atoms with Gasteiger partial charge in [0.2, 0.25) is 0 Å². The first kappa shape index (κ1) is 16.8. The van der Waals surface area contributed by atoms with Crippen LogP contribution in [0, 0.1) is 0 Å². The van der Waals surface area contributed by atoms with Gasteiger partial charge in [-0.25, -0.2) is 9.78 Å². The number of benzene rings is 1. The fourth-order valence-electron chi connectivity index (χ4n) is 2.85. The quantitative estimate of drug-likeness (QED) is 0.912. The van der Waals surface area contributed by atoms with Gasteiger partial charge in [0, 0.05) is 26.2 Å². The minimum atomic E-state index is -1.05. The van der Waals surface area contributed by atoms with Crippen molar-refractivity contribution >= 4 is 17.7 Å². The molecule has 0 atom stereocenters. The molecule has 2 aromatic rings. The minimum Gasteiger partial charge on any atom is -0.496 e. The first-order valence-electron chi connectivity index (χ1n) is 7.97. The van der Waals surface area contributed by atoms with Gasteiger partial charge in [-0.3, -0.25) is 4.79 Å². The van der Waals surface area contributed by atoms with E-state index in [1.165, 1.54) is 6.07 Å². The summed E-state index contributed by atoms with van der Waals surface area (Å²) in [5, 5.41) is 9.05. The number of nitrogens with zero attached hydrogens (tertiary/aromatic N) is 3. The average molecular weight is 341 g/mol. The Morgan fingerprint density at radius 2 is 1.76 bits per heavy atom. The highest BCUT2D eigenvalue weighted by molar-refractivity contribution is 5.97. The first-order chi connectivity index (χ1) is 12.1. The highest BCUT2D eigenvalue weighted by atomic mass is 16.5. The first-order valence-corrected chi connectivity index (χ1v) is 7.97. The lowest BCUT2D eigenvalue weighted by Gasteiger charge is -2.35. The number of aromatic carboxylic acids is 1. The number of carboxylic acid groups (broad SMARTS) is 1. The van der Waals surface area contributed by atoms with Gasteiger partial charge < -0.3 is 19.6 Å². The average Bonchev–Trinajstić information content (AvgIpc) is 2.67. The fraction of sp³-hybridized carbons (Fsp3) is 0.278. The molecule has 3 rings (SSSR count). The van der Waals surface area contributed by atoms with Crippen LogP contribution < -0.4 is 9.64 Å². The topological polar surface area (TPSA) is 83.0 Å². The summed E-state index contributed by atoms with van der Waals surface area (Å²) in [7, 11) is 1.55. The van der Waals surface area contributed by atoms with Crippen LogP contribution in [0.5, 0.6) is 5.75 Å². The second kappa shape index (κ2) is 7.21. The SMILES string of the molecule is COc1ccccc1C(=O)N1CCN(c2cccc(C(=O)O)n2)CC1. The number of hydrogen-bond donors (Lipinski definition) is 1. The molecule has 0 saturated carbocycles. The van der Waals surface area contributed by atoms with Gasteiger partial charge in [0.05, 0.1) is 12.7 Å². The number of para-hydroxylation sites is 1. The maximum Gasteiger partial charge on any atom is 0.354 e. The molecule has 130 valence electrons. The van der Waals surface area contributed by atoms with Crippen molar-refractivity contribution < 1.29 is 19.4 Å². The molecule has 0 radical (unpaired) electrons. The van der Waals surface area contributed by atoms with Crippen LogP contribution in [0.25, 0.3) is 0 Å². The number of carbonyl (C=O) groups excluding carboxylic acids is 1. The molecule has 1 fully saturated rings. The number of carbonyl (C=O) groups is 2. The van der Waals surface area contributed by atoms with E-state index >= 15 is 0 Å². The Bertz CT molecular complexity index is 785. The molecule has 0 bridgehead atoms. The van der Waals surface area contributed by atoms with E-state index in [4.69, 9.17) is 9.84 Å². The normalized spacial score (nSPS) is 14.3. The smallest absolute Gasteiger partial charge is 0.354 e. The van der Waals surface area contributed by atoms with Gasteiger partial charge in [-0.1, -0.05) is 18.2 Å². The Kier molecular flexibility index (Phi) is 4.83. The van der Waals surface area contributed by atoms with Crippen LogP contribution in [0.4, 0.5) is 5.82 Å².